The molecule has 2 aromatic rings. The molecule has 0 saturated carbocycles. The topological polar surface area (TPSA) is 83.2 Å². The van der Waals surface area contributed by atoms with Crippen molar-refractivity contribution in [3.63, 3.8) is 0 Å². The summed E-state index contributed by atoms with van der Waals surface area (Å²) in [5, 5.41) is 18.3. The standard InChI is InChI=1S/C19H18N2O3/c1-11-13(18(22)23)5-6-16(21-11)15-9-19(2,3)24-17-7-4-12(10-20)8-14(15)17/h4-8,15H,9H2,1-3H3,(H,22,23). The molecule has 0 fully saturated rings. The minimum atomic E-state index is -0.981. The molecule has 0 spiro atoms. The second-order valence-corrected chi connectivity index (χ2v) is 6.66. The lowest BCUT2D eigenvalue weighted by Gasteiger charge is -2.37. The van der Waals surface area contributed by atoms with Crippen molar-refractivity contribution in [1.29, 1.82) is 5.26 Å². The number of pyridine rings is 1. The summed E-state index contributed by atoms with van der Waals surface area (Å²) in [6.45, 7) is 5.73. The average Bonchev–Trinajstić information content (AvgIpc) is 2.52. The smallest absolute Gasteiger partial charge is 0.337 e. The van der Waals surface area contributed by atoms with Gasteiger partial charge in [-0.05, 0) is 57.5 Å². The molecule has 1 aromatic carbocycles. The van der Waals surface area contributed by atoms with Gasteiger partial charge in [-0.2, -0.15) is 5.26 Å². The van der Waals surface area contributed by atoms with Crippen molar-refractivity contribution < 1.29 is 14.6 Å². The first-order chi connectivity index (χ1) is 11.3. The largest absolute Gasteiger partial charge is 0.488 e. The van der Waals surface area contributed by atoms with Crippen LogP contribution >= 0.6 is 0 Å². The maximum Gasteiger partial charge on any atom is 0.337 e. The molecule has 0 bridgehead atoms. The normalized spacial score (nSPS) is 18.2. The third-order valence-electron chi connectivity index (χ3n) is 4.29. The zero-order chi connectivity index (χ0) is 17.5. The van der Waals surface area contributed by atoms with Crippen LogP contribution in [0.1, 0.15) is 59.1 Å². The highest BCUT2D eigenvalue weighted by Gasteiger charge is 2.35. The third kappa shape index (κ3) is 2.83. The maximum absolute atomic E-state index is 11.2. The number of rotatable bonds is 2. The van der Waals surface area contributed by atoms with E-state index >= 15 is 0 Å². The zero-order valence-corrected chi connectivity index (χ0v) is 13.8. The van der Waals surface area contributed by atoms with Gasteiger partial charge in [-0.1, -0.05) is 0 Å². The van der Waals surface area contributed by atoms with Crippen LogP contribution in [-0.4, -0.2) is 21.7 Å². The van der Waals surface area contributed by atoms with E-state index in [4.69, 9.17) is 10.00 Å². The molecule has 5 heteroatoms. The summed E-state index contributed by atoms with van der Waals surface area (Å²) in [6.07, 6.45) is 0.702. The Hall–Kier alpha value is -2.87. The van der Waals surface area contributed by atoms with E-state index in [1.807, 2.05) is 26.0 Å². The highest BCUT2D eigenvalue weighted by molar-refractivity contribution is 5.88. The summed E-state index contributed by atoms with van der Waals surface area (Å²) in [6, 6.07) is 10.9. The van der Waals surface area contributed by atoms with Gasteiger partial charge in [0.05, 0.1) is 22.9 Å². The summed E-state index contributed by atoms with van der Waals surface area (Å²) >= 11 is 0. The predicted octanol–water partition coefficient (Wildman–Crippen LogP) is 3.65. The Kier molecular flexibility index (Phi) is 3.76. The first kappa shape index (κ1) is 16.0. The van der Waals surface area contributed by atoms with E-state index in [-0.39, 0.29) is 17.1 Å². The van der Waals surface area contributed by atoms with Crippen LogP contribution in [0.25, 0.3) is 0 Å². The lowest BCUT2D eigenvalue weighted by atomic mass is 9.81. The van der Waals surface area contributed by atoms with Crippen molar-refractivity contribution in [2.45, 2.75) is 38.7 Å². The molecule has 1 atom stereocenters. The van der Waals surface area contributed by atoms with E-state index in [1.54, 1.807) is 25.1 Å². The van der Waals surface area contributed by atoms with Crippen molar-refractivity contribution in [2.24, 2.45) is 0 Å². The van der Waals surface area contributed by atoms with Gasteiger partial charge in [0.15, 0.2) is 0 Å². The molecule has 3 rings (SSSR count). The molecule has 0 aliphatic carbocycles. The third-order valence-corrected chi connectivity index (χ3v) is 4.29. The van der Waals surface area contributed by atoms with Crippen molar-refractivity contribution >= 4 is 5.97 Å². The Morgan fingerprint density at radius 2 is 2.12 bits per heavy atom. The predicted molar refractivity (Wildman–Crippen MR) is 88.3 cm³/mol. The number of benzene rings is 1. The van der Waals surface area contributed by atoms with Gasteiger partial charge in [0.25, 0.3) is 0 Å². The molecule has 1 aliphatic rings. The van der Waals surface area contributed by atoms with Crippen LogP contribution in [-0.2, 0) is 0 Å². The summed E-state index contributed by atoms with van der Waals surface area (Å²) in [5.74, 6) is -0.276. The highest BCUT2D eigenvalue weighted by Crippen LogP contribution is 2.44. The Bertz CT molecular complexity index is 865. The number of aryl methyl sites for hydroxylation is 1. The van der Waals surface area contributed by atoms with Gasteiger partial charge < -0.3 is 9.84 Å². The fourth-order valence-electron chi connectivity index (χ4n) is 3.19. The number of carbonyl (C=O) groups is 1. The Morgan fingerprint density at radius 3 is 2.75 bits per heavy atom. The molecule has 122 valence electrons. The quantitative estimate of drug-likeness (QED) is 0.912. The van der Waals surface area contributed by atoms with E-state index < -0.39 is 5.97 Å². The van der Waals surface area contributed by atoms with Crippen LogP contribution in [0.3, 0.4) is 0 Å². The molecule has 1 N–H and O–H groups in total. The monoisotopic (exact) mass is 322 g/mol. The lowest BCUT2D eigenvalue weighted by molar-refractivity contribution is 0.0693. The van der Waals surface area contributed by atoms with Gasteiger partial charge in [-0.3, -0.25) is 4.98 Å². The fourth-order valence-corrected chi connectivity index (χ4v) is 3.19. The second kappa shape index (κ2) is 5.64. The highest BCUT2D eigenvalue weighted by atomic mass is 16.5. The summed E-state index contributed by atoms with van der Waals surface area (Å²) in [5.41, 5.74) is 2.61. The van der Waals surface area contributed by atoms with Crippen LogP contribution in [0.5, 0.6) is 5.75 Å². The van der Waals surface area contributed by atoms with Gasteiger partial charge in [-0.25, -0.2) is 4.79 Å². The molecule has 1 unspecified atom stereocenters. The molecular weight excluding hydrogens is 304 g/mol. The second-order valence-electron chi connectivity index (χ2n) is 6.66. The number of aromatic carboxylic acids is 1. The minimum absolute atomic E-state index is 0.0430. The number of ether oxygens (including phenoxy) is 1. The van der Waals surface area contributed by atoms with Gasteiger partial charge in [0.1, 0.15) is 11.4 Å². The summed E-state index contributed by atoms with van der Waals surface area (Å²) < 4.78 is 6.03. The van der Waals surface area contributed by atoms with E-state index in [2.05, 4.69) is 11.1 Å². The fraction of sp³-hybridized carbons (Fsp3) is 0.316. The van der Waals surface area contributed by atoms with Crippen LogP contribution < -0.4 is 4.74 Å². The number of carboxylic acid groups (broad SMARTS) is 1. The number of carboxylic acids is 1. The molecule has 0 saturated heterocycles. The number of nitrogens with zero attached hydrogens (tertiary/aromatic N) is 2. The van der Waals surface area contributed by atoms with Gasteiger partial charge in [-0.15, -0.1) is 0 Å². The van der Waals surface area contributed by atoms with Gasteiger partial charge in [0.2, 0.25) is 0 Å². The SMILES string of the molecule is Cc1nc(C2CC(C)(C)Oc3ccc(C#N)cc32)ccc1C(=O)O. The van der Waals surface area contributed by atoms with Crippen LogP contribution in [0, 0.1) is 18.3 Å². The maximum atomic E-state index is 11.2. The van der Waals surface area contributed by atoms with Crippen molar-refractivity contribution in [3.8, 4) is 11.8 Å². The summed E-state index contributed by atoms with van der Waals surface area (Å²) in [4.78, 5) is 15.7. The zero-order valence-electron chi connectivity index (χ0n) is 13.8. The Labute approximate surface area is 140 Å². The first-order valence-corrected chi connectivity index (χ1v) is 7.74. The molecule has 24 heavy (non-hydrogen) atoms. The molecule has 2 heterocycles. The van der Waals surface area contributed by atoms with E-state index in [0.29, 0.717) is 17.7 Å². The number of hydrogen-bond donors (Lipinski definition) is 1. The molecule has 5 nitrogen and oxygen atoms in total. The Morgan fingerprint density at radius 1 is 1.38 bits per heavy atom. The van der Waals surface area contributed by atoms with Crippen LogP contribution in [0.2, 0.25) is 0 Å². The van der Waals surface area contributed by atoms with Crippen LogP contribution in [0.4, 0.5) is 0 Å². The number of fused-ring (bicyclic) bond motifs is 1. The molecule has 1 aliphatic heterocycles. The average molecular weight is 322 g/mol. The minimum Gasteiger partial charge on any atom is -0.488 e. The lowest BCUT2D eigenvalue weighted by Crippen LogP contribution is -2.35. The number of hydrogen-bond acceptors (Lipinski definition) is 4. The van der Waals surface area contributed by atoms with Gasteiger partial charge in [0, 0.05) is 17.2 Å². The summed E-state index contributed by atoms with van der Waals surface area (Å²) in [7, 11) is 0. The van der Waals surface area contributed by atoms with Crippen molar-refractivity contribution in [1.82, 2.24) is 4.98 Å². The first-order valence-electron chi connectivity index (χ1n) is 7.74. The van der Waals surface area contributed by atoms with Crippen molar-refractivity contribution in [3.05, 3.63) is 58.4 Å². The van der Waals surface area contributed by atoms with E-state index in [1.165, 1.54) is 0 Å². The van der Waals surface area contributed by atoms with Crippen LogP contribution in [0.15, 0.2) is 30.3 Å². The van der Waals surface area contributed by atoms with E-state index in [0.717, 1.165) is 17.0 Å². The molecule has 0 amide bonds. The Balaban J connectivity index is 2.12. The molecule has 0 radical (unpaired) electrons. The van der Waals surface area contributed by atoms with E-state index in [9.17, 15) is 9.90 Å². The number of nitriles is 1. The van der Waals surface area contributed by atoms with Crippen molar-refractivity contribution in [2.75, 3.05) is 0 Å². The van der Waals surface area contributed by atoms with Gasteiger partial charge >= 0.3 is 5.97 Å². The molecule has 1 aromatic heterocycles. The number of aromatic nitrogens is 1. The molecular formula is C19H18N2O3.